The summed E-state index contributed by atoms with van der Waals surface area (Å²) >= 11 is 0. The molecule has 14 heavy (non-hydrogen) atoms. The van der Waals surface area contributed by atoms with Gasteiger partial charge in [-0.15, -0.1) is 8.39 Å². The summed E-state index contributed by atoms with van der Waals surface area (Å²) in [6.45, 7) is 2.88. The van der Waals surface area contributed by atoms with Crippen LogP contribution in [0.1, 0.15) is 13.3 Å². The van der Waals surface area contributed by atoms with Gasteiger partial charge in [0.2, 0.25) is 0 Å². The smallest absolute Gasteiger partial charge is 0.330 e. The molecule has 0 atom stereocenters. The zero-order chi connectivity index (χ0) is 12.4. The average Bonchev–Trinajstić information content (AvgIpc) is 1.79. The van der Waals surface area contributed by atoms with Crippen LogP contribution in [0.2, 0.25) is 0 Å². The molecule has 0 heterocycles. The van der Waals surface area contributed by atoms with E-state index in [1.165, 1.54) is 0 Å². The van der Waals surface area contributed by atoms with Crippen molar-refractivity contribution in [3.63, 3.8) is 0 Å². The predicted octanol–water partition coefficient (Wildman–Crippen LogP) is 0.452. The van der Waals surface area contributed by atoms with E-state index in [-0.39, 0.29) is 0 Å². The summed E-state index contributed by atoms with van der Waals surface area (Å²) < 4.78 is 38.0. The lowest BCUT2D eigenvalue weighted by molar-refractivity contribution is 0.320. The molecule has 7 nitrogen and oxygen atoms in total. The zero-order valence-corrected chi connectivity index (χ0v) is 9.04. The highest BCUT2D eigenvalue weighted by atomic mass is 31.2. The molecule has 0 aliphatic carbocycles. The predicted molar refractivity (Wildman–Crippen MR) is 45.6 cm³/mol. The number of hydrogen-bond acceptors (Lipinski definition) is 3. The Morgan fingerprint density at radius 3 is 1.14 bits per heavy atom. The Kier molecular flexibility index (Phi) is 13.6. The van der Waals surface area contributed by atoms with E-state index >= 15 is 0 Å². The molecule has 90 valence electrons. The second kappa shape index (κ2) is 9.67. The molecule has 0 fully saturated rings. The first kappa shape index (κ1) is 19.7. The Hall–Kier alpha value is 0.120. The van der Waals surface area contributed by atoms with Crippen LogP contribution in [-0.2, 0) is 9.13 Å². The van der Waals surface area contributed by atoms with Gasteiger partial charge in [0.1, 0.15) is 0 Å². The maximum absolute atomic E-state index is 10.4. The van der Waals surface area contributed by atoms with Gasteiger partial charge in [0.15, 0.2) is 0 Å². The lowest BCUT2D eigenvalue weighted by Gasteiger charge is -1.78. The maximum Gasteiger partial charge on any atom is 0.507 e. The van der Waals surface area contributed by atoms with Crippen molar-refractivity contribution in [1.29, 1.82) is 0 Å². The van der Waals surface area contributed by atoms with Crippen molar-refractivity contribution in [2.45, 2.75) is 13.3 Å². The standard InChI is InChI=1S/C3H9N.2FH2O3P/c1-2-3-4;2*1-5(2,3)4/h2-4H2,1H3;2*(H2,2,3,4). The van der Waals surface area contributed by atoms with Crippen molar-refractivity contribution in [3.05, 3.63) is 0 Å². The number of hydrogen-bond donors (Lipinski definition) is 5. The van der Waals surface area contributed by atoms with Crippen LogP contribution in [0, 0.1) is 0 Å². The van der Waals surface area contributed by atoms with Crippen LogP contribution >= 0.6 is 15.8 Å². The van der Waals surface area contributed by atoms with Gasteiger partial charge in [-0.05, 0) is 13.0 Å². The van der Waals surface area contributed by atoms with Crippen molar-refractivity contribution in [2.24, 2.45) is 5.73 Å². The Morgan fingerprint density at radius 1 is 1.07 bits per heavy atom. The first-order chi connectivity index (χ1) is 5.91. The Labute approximate surface area is 79.5 Å². The van der Waals surface area contributed by atoms with E-state index in [0.717, 1.165) is 13.0 Å². The minimum absolute atomic E-state index is 0.819. The van der Waals surface area contributed by atoms with Crippen LogP contribution in [0.4, 0.5) is 8.39 Å². The van der Waals surface area contributed by atoms with Gasteiger partial charge in [-0.1, -0.05) is 6.92 Å². The summed E-state index contributed by atoms with van der Waals surface area (Å²) in [5.41, 5.74) is 5.03. The van der Waals surface area contributed by atoms with Gasteiger partial charge in [-0.25, -0.2) is 9.13 Å². The van der Waals surface area contributed by atoms with E-state index in [4.69, 9.17) is 34.4 Å². The maximum atomic E-state index is 10.4. The van der Waals surface area contributed by atoms with Crippen LogP contribution in [-0.4, -0.2) is 26.1 Å². The average molecular weight is 259 g/mol. The molecule has 0 saturated carbocycles. The monoisotopic (exact) mass is 259 g/mol. The Bertz CT molecular complexity index is 163. The van der Waals surface area contributed by atoms with Crippen LogP contribution < -0.4 is 5.73 Å². The molecule has 0 bridgehead atoms. The summed E-state index contributed by atoms with van der Waals surface area (Å²) in [6.07, 6.45) is 1.10. The minimum Gasteiger partial charge on any atom is -0.330 e. The van der Waals surface area contributed by atoms with E-state index in [2.05, 4.69) is 6.92 Å². The normalized spacial score (nSPS) is 10.6. The Morgan fingerprint density at radius 2 is 1.14 bits per heavy atom. The molecule has 0 aromatic rings. The summed E-state index contributed by atoms with van der Waals surface area (Å²) in [7, 11) is -10.3. The highest BCUT2D eigenvalue weighted by molar-refractivity contribution is 7.46. The zero-order valence-electron chi connectivity index (χ0n) is 7.25. The van der Waals surface area contributed by atoms with E-state index < -0.39 is 15.8 Å². The number of rotatable bonds is 1. The highest BCUT2D eigenvalue weighted by Crippen LogP contribution is 2.35. The van der Waals surface area contributed by atoms with Crippen molar-refractivity contribution < 1.29 is 37.1 Å². The minimum atomic E-state index is -5.14. The second-order valence-electron chi connectivity index (χ2n) is 1.73. The van der Waals surface area contributed by atoms with Crippen LogP contribution in [0.15, 0.2) is 0 Å². The molecule has 0 spiro atoms. The Balaban J connectivity index is -0.000000131. The lowest BCUT2D eigenvalue weighted by Crippen LogP contribution is -1.93. The van der Waals surface area contributed by atoms with Gasteiger partial charge in [0.25, 0.3) is 0 Å². The molecule has 0 aromatic heterocycles. The van der Waals surface area contributed by atoms with Crippen molar-refractivity contribution >= 4 is 15.8 Å². The fourth-order valence-corrected chi connectivity index (χ4v) is 0. The molecular weight excluding hydrogens is 246 g/mol. The molecule has 11 heteroatoms. The topological polar surface area (TPSA) is 141 Å². The number of halogens is 2. The third-order valence-electron chi connectivity index (χ3n) is 0.289. The lowest BCUT2D eigenvalue weighted by atomic mass is 10.5. The van der Waals surface area contributed by atoms with Gasteiger partial charge in [-0.3, -0.25) is 19.6 Å². The van der Waals surface area contributed by atoms with Gasteiger partial charge in [-0.2, -0.15) is 0 Å². The van der Waals surface area contributed by atoms with E-state index in [9.17, 15) is 8.39 Å². The molecular formula is C3H13F2NO6P2. The van der Waals surface area contributed by atoms with Crippen molar-refractivity contribution in [2.75, 3.05) is 6.54 Å². The molecule has 0 aliphatic heterocycles. The summed E-state index contributed by atoms with van der Waals surface area (Å²) in [5, 5.41) is 0. The van der Waals surface area contributed by atoms with Crippen molar-refractivity contribution in [3.8, 4) is 0 Å². The molecule has 6 N–H and O–H groups in total. The van der Waals surface area contributed by atoms with E-state index in [0.29, 0.717) is 0 Å². The fraction of sp³-hybridized carbons (Fsp3) is 1.00. The van der Waals surface area contributed by atoms with Gasteiger partial charge in [0, 0.05) is 0 Å². The summed E-state index contributed by atoms with van der Waals surface area (Å²) in [4.78, 5) is 27.9. The first-order valence-corrected chi connectivity index (χ1v) is 6.12. The quantitative estimate of drug-likeness (QED) is 0.430. The van der Waals surface area contributed by atoms with E-state index in [1.54, 1.807) is 0 Å². The molecule has 0 aromatic carbocycles. The molecule has 0 amide bonds. The number of nitrogens with two attached hydrogens (primary N) is 1. The fourth-order valence-electron chi connectivity index (χ4n) is 0. The van der Waals surface area contributed by atoms with Crippen molar-refractivity contribution in [1.82, 2.24) is 0 Å². The third kappa shape index (κ3) is 1190. The first-order valence-electron chi connectivity index (χ1n) is 3.12. The van der Waals surface area contributed by atoms with Gasteiger partial charge in [0.05, 0.1) is 0 Å². The molecule has 0 rings (SSSR count). The van der Waals surface area contributed by atoms with Crippen LogP contribution in [0.5, 0.6) is 0 Å². The highest BCUT2D eigenvalue weighted by Gasteiger charge is 2.05. The van der Waals surface area contributed by atoms with Crippen LogP contribution in [0.25, 0.3) is 0 Å². The van der Waals surface area contributed by atoms with Gasteiger partial charge >= 0.3 is 15.8 Å². The molecule has 0 unspecified atom stereocenters. The third-order valence-corrected chi connectivity index (χ3v) is 0.289. The van der Waals surface area contributed by atoms with E-state index in [1.807, 2.05) is 0 Å². The van der Waals surface area contributed by atoms with Gasteiger partial charge < -0.3 is 5.73 Å². The molecule has 0 radical (unpaired) electrons. The van der Waals surface area contributed by atoms with Crippen LogP contribution in [0.3, 0.4) is 0 Å². The molecule has 0 aliphatic rings. The largest absolute Gasteiger partial charge is 0.507 e. The SMILES string of the molecule is CCCN.O=P(O)(O)F.O=P(O)(O)F. The second-order valence-corrected chi connectivity index (χ2v) is 3.63. The molecule has 0 saturated heterocycles. The summed E-state index contributed by atoms with van der Waals surface area (Å²) in [5.74, 6) is 0. The summed E-state index contributed by atoms with van der Waals surface area (Å²) in [6, 6.07) is 0.